The van der Waals surface area contributed by atoms with Crippen molar-refractivity contribution in [3.8, 4) is 11.5 Å². The molecule has 0 aliphatic rings. The molecule has 2 heterocycles. The molecule has 2 aromatic heterocycles. The van der Waals surface area contributed by atoms with Gasteiger partial charge in [-0.15, -0.1) is 0 Å². The molecule has 0 amide bonds. The van der Waals surface area contributed by atoms with E-state index in [-0.39, 0.29) is 11.9 Å². The van der Waals surface area contributed by atoms with E-state index in [0.29, 0.717) is 11.5 Å². The van der Waals surface area contributed by atoms with Crippen LogP contribution in [0.5, 0.6) is 0 Å². The monoisotopic (exact) mass is 177 g/mol. The molecule has 0 aliphatic heterocycles. The van der Waals surface area contributed by atoms with E-state index in [1.54, 1.807) is 12.3 Å². The number of rotatable bonds is 1. The molecule has 0 saturated heterocycles. The highest BCUT2D eigenvalue weighted by molar-refractivity contribution is 5.51. The molecule has 7 heteroatoms. The van der Waals surface area contributed by atoms with Crippen molar-refractivity contribution in [3.63, 3.8) is 0 Å². The van der Waals surface area contributed by atoms with E-state index in [1.807, 2.05) is 0 Å². The van der Waals surface area contributed by atoms with Gasteiger partial charge in [-0.3, -0.25) is 5.10 Å². The predicted octanol–water partition coefficient (Wildman–Crippen LogP) is -0.574. The molecular formula is C6H7N7. The van der Waals surface area contributed by atoms with E-state index in [1.165, 1.54) is 0 Å². The van der Waals surface area contributed by atoms with Gasteiger partial charge in [0.25, 0.3) is 0 Å². The zero-order valence-corrected chi connectivity index (χ0v) is 6.60. The Balaban J connectivity index is 2.53. The van der Waals surface area contributed by atoms with Crippen molar-refractivity contribution in [1.82, 2.24) is 25.1 Å². The van der Waals surface area contributed by atoms with Gasteiger partial charge in [0.05, 0.1) is 0 Å². The Kier molecular flexibility index (Phi) is 1.55. The number of aromatic amines is 1. The lowest BCUT2D eigenvalue weighted by Gasteiger charge is -1.97. The average molecular weight is 177 g/mol. The number of nitrogens with one attached hydrogen (secondary N) is 1. The van der Waals surface area contributed by atoms with Crippen LogP contribution in [0, 0.1) is 0 Å². The summed E-state index contributed by atoms with van der Waals surface area (Å²) in [7, 11) is 0. The summed E-state index contributed by atoms with van der Waals surface area (Å²) in [6.07, 6.45) is 1.59. The summed E-state index contributed by atoms with van der Waals surface area (Å²) in [6.45, 7) is 0. The second-order valence-electron chi connectivity index (χ2n) is 2.35. The molecule has 13 heavy (non-hydrogen) atoms. The van der Waals surface area contributed by atoms with Crippen LogP contribution in [-0.2, 0) is 0 Å². The molecule has 0 fully saturated rings. The minimum absolute atomic E-state index is 0.0945. The van der Waals surface area contributed by atoms with Gasteiger partial charge >= 0.3 is 0 Å². The van der Waals surface area contributed by atoms with Crippen molar-refractivity contribution in [2.45, 2.75) is 0 Å². The van der Waals surface area contributed by atoms with E-state index < -0.39 is 0 Å². The number of anilines is 2. The maximum absolute atomic E-state index is 5.39. The molecule has 2 rings (SSSR count). The Labute approximate surface area is 73.2 Å². The van der Waals surface area contributed by atoms with Gasteiger partial charge in [0.15, 0.2) is 5.82 Å². The van der Waals surface area contributed by atoms with Crippen molar-refractivity contribution in [2.75, 3.05) is 11.5 Å². The number of hydrogen-bond donors (Lipinski definition) is 3. The van der Waals surface area contributed by atoms with E-state index in [4.69, 9.17) is 11.5 Å². The van der Waals surface area contributed by atoms with E-state index in [0.717, 1.165) is 0 Å². The van der Waals surface area contributed by atoms with E-state index in [9.17, 15) is 0 Å². The van der Waals surface area contributed by atoms with Gasteiger partial charge in [0.2, 0.25) is 11.9 Å². The summed E-state index contributed by atoms with van der Waals surface area (Å²) in [4.78, 5) is 11.4. The van der Waals surface area contributed by atoms with Crippen molar-refractivity contribution < 1.29 is 0 Å². The van der Waals surface area contributed by atoms with Gasteiger partial charge < -0.3 is 11.5 Å². The number of nitrogens with two attached hydrogens (primary N) is 2. The van der Waals surface area contributed by atoms with Gasteiger partial charge in [0.1, 0.15) is 5.69 Å². The number of H-pyrrole nitrogens is 1. The molecule has 0 radical (unpaired) electrons. The summed E-state index contributed by atoms with van der Waals surface area (Å²) in [5.41, 5.74) is 11.4. The quantitative estimate of drug-likeness (QED) is 0.536. The molecule has 0 unspecified atom stereocenters. The van der Waals surface area contributed by atoms with Crippen LogP contribution in [-0.4, -0.2) is 25.1 Å². The molecule has 7 nitrogen and oxygen atoms in total. The van der Waals surface area contributed by atoms with Crippen molar-refractivity contribution >= 4 is 11.9 Å². The van der Waals surface area contributed by atoms with Crippen molar-refractivity contribution in [1.29, 1.82) is 0 Å². The Morgan fingerprint density at radius 3 is 2.31 bits per heavy atom. The second-order valence-corrected chi connectivity index (χ2v) is 2.35. The normalized spacial score (nSPS) is 10.2. The third-order valence-electron chi connectivity index (χ3n) is 1.41. The fraction of sp³-hybridized carbons (Fsp3) is 0. The number of nitrogen functional groups attached to an aromatic ring is 2. The summed E-state index contributed by atoms with van der Waals surface area (Å²) < 4.78 is 0. The Bertz CT molecular complexity index is 387. The fourth-order valence-corrected chi connectivity index (χ4v) is 0.910. The Hall–Kier alpha value is -2.18. The van der Waals surface area contributed by atoms with Crippen LogP contribution in [0.3, 0.4) is 0 Å². The Morgan fingerprint density at radius 1 is 1.08 bits per heavy atom. The van der Waals surface area contributed by atoms with Crippen LogP contribution in [0.1, 0.15) is 0 Å². The van der Waals surface area contributed by atoms with Crippen molar-refractivity contribution in [2.24, 2.45) is 0 Å². The highest BCUT2D eigenvalue weighted by atomic mass is 15.2. The van der Waals surface area contributed by atoms with E-state index >= 15 is 0 Å². The summed E-state index contributed by atoms with van der Waals surface area (Å²) >= 11 is 0. The molecule has 0 bridgehead atoms. The minimum Gasteiger partial charge on any atom is -0.368 e. The third kappa shape index (κ3) is 1.39. The van der Waals surface area contributed by atoms with Crippen molar-refractivity contribution in [3.05, 3.63) is 12.3 Å². The summed E-state index contributed by atoms with van der Waals surface area (Å²) in [5.74, 6) is 0.580. The van der Waals surface area contributed by atoms with Crippen LogP contribution in [0.25, 0.3) is 11.5 Å². The van der Waals surface area contributed by atoms with Crippen LogP contribution in [0.4, 0.5) is 11.9 Å². The smallest absolute Gasteiger partial charge is 0.225 e. The maximum atomic E-state index is 5.39. The van der Waals surface area contributed by atoms with Gasteiger partial charge in [-0.25, -0.2) is 0 Å². The summed E-state index contributed by atoms with van der Waals surface area (Å²) in [5, 5.41) is 6.44. The lowest BCUT2D eigenvalue weighted by Crippen LogP contribution is -2.04. The number of nitrogens with zero attached hydrogens (tertiary/aromatic N) is 4. The SMILES string of the molecule is Nc1nc(N)nc(-c2ccn[nH]2)n1. The molecule has 2 aromatic rings. The van der Waals surface area contributed by atoms with Gasteiger partial charge in [-0.2, -0.15) is 20.1 Å². The van der Waals surface area contributed by atoms with Gasteiger partial charge in [0, 0.05) is 6.20 Å². The third-order valence-corrected chi connectivity index (χ3v) is 1.41. The topological polar surface area (TPSA) is 119 Å². The lowest BCUT2D eigenvalue weighted by atomic mass is 10.4. The summed E-state index contributed by atoms with van der Waals surface area (Å²) in [6, 6.07) is 1.72. The van der Waals surface area contributed by atoms with Crippen LogP contribution in [0.15, 0.2) is 12.3 Å². The molecule has 0 spiro atoms. The molecular weight excluding hydrogens is 170 g/mol. The molecule has 0 aliphatic carbocycles. The average Bonchev–Trinajstić information content (AvgIpc) is 2.53. The van der Waals surface area contributed by atoms with Gasteiger partial charge in [-0.05, 0) is 6.07 Å². The molecule has 0 atom stereocenters. The van der Waals surface area contributed by atoms with Crippen LogP contribution < -0.4 is 11.5 Å². The standard InChI is InChI=1S/C6H7N7/c7-5-10-4(11-6(8)12-5)3-1-2-9-13-3/h1-2H,(H,9,13)(H4,7,8,10,11,12). The zero-order chi connectivity index (χ0) is 9.26. The first-order chi connectivity index (χ1) is 6.25. The minimum atomic E-state index is 0.0945. The Morgan fingerprint density at radius 2 is 1.77 bits per heavy atom. The molecule has 0 saturated carbocycles. The number of hydrogen-bond acceptors (Lipinski definition) is 6. The highest BCUT2D eigenvalue weighted by Crippen LogP contribution is 2.11. The largest absolute Gasteiger partial charge is 0.368 e. The first kappa shape index (κ1) is 7.47. The maximum Gasteiger partial charge on any atom is 0.225 e. The molecule has 0 aromatic carbocycles. The molecule has 5 N–H and O–H groups in total. The fourth-order valence-electron chi connectivity index (χ4n) is 0.910. The van der Waals surface area contributed by atoms with Gasteiger partial charge in [-0.1, -0.05) is 0 Å². The zero-order valence-electron chi connectivity index (χ0n) is 6.60. The lowest BCUT2D eigenvalue weighted by molar-refractivity contribution is 1.04. The highest BCUT2D eigenvalue weighted by Gasteiger charge is 2.04. The molecule has 66 valence electrons. The first-order valence-electron chi connectivity index (χ1n) is 3.52. The van der Waals surface area contributed by atoms with E-state index in [2.05, 4.69) is 25.1 Å². The second kappa shape index (κ2) is 2.70. The van der Waals surface area contributed by atoms with Crippen LogP contribution >= 0.6 is 0 Å². The number of aromatic nitrogens is 5. The first-order valence-corrected chi connectivity index (χ1v) is 3.52. The predicted molar refractivity (Wildman–Crippen MR) is 46.2 cm³/mol. The van der Waals surface area contributed by atoms with Crippen LogP contribution in [0.2, 0.25) is 0 Å².